The molecule has 0 spiro atoms. The topological polar surface area (TPSA) is 80.5 Å². The van der Waals surface area contributed by atoms with Crippen molar-refractivity contribution in [2.45, 2.75) is 19.8 Å². The quantitative estimate of drug-likeness (QED) is 0.864. The lowest BCUT2D eigenvalue weighted by Gasteiger charge is -2.02. The van der Waals surface area contributed by atoms with Crippen LogP contribution >= 0.6 is 0 Å². The number of nitrogen functional groups attached to an aromatic ring is 1. The van der Waals surface area contributed by atoms with Gasteiger partial charge in [-0.25, -0.2) is 4.68 Å². The first-order valence-corrected chi connectivity index (χ1v) is 5.45. The van der Waals surface area contributed by atoms with Crippen molar-refractivity contribution in [3.05, 3.63) is 35.8 Å². The molecule has 2 aromatic rings. The van der Waals surface area contributed by atoms with Gasteiger partial charge in [0.2, 0.25) is 0 Å². The van der Waals surface area contributed by atoms with E-state index in [4.69, 9.17) is 11.0 Å². The van der Waals surface area contributed by atoms with Crippen LogP contribution < -0.4 is 5.73 Å². The van der Waals surface area contributed by atoms with Crippen LogP contribution in [-0.4, -0.2) is 14.8 Å². The lowest BCUT2D eigenvalue weighted by atomic mass is 10.2. The average Bonchev–Trinajstić information content (AvgIpc) is 2.67. The highest BCUT2D eigenvalue weighted by molar-refractivity contribution is 5.56. The van der Waals surface area contributed by atoms with E-state index in [-0.39, 0.29) is 0 Å². The minimum atomic E-state index is 0.391. The molecule has 86 valence electrons. The van der Waals surface area contributed by atoms with Crippen molar-refractivity contribution in [2.75, 3.05) is 5.73 Å². The fourth-order valence-corrected chi connectivity index (χ4v) is 1.69. The molecule has 5 heteroatoms. The number of rotatable bonds is 3. The Balaban J connectivity index is 2.54. The van der Waals surface area contributed by atoms with Gasteiger partial charge < -0.3 is 5.73 Å². The lowest BCUT2D eigenvalue weighted by Crippen LogP contribution is -2.02. The van der Waals surface area contributed by atoms with E-state index >= 15 is 0 Å². The summed E-state index contributed by atoms with van der Waals surface area (Å²) in [6.07, 6.45) is 5.02. The van der Waals surface area contributed by atoms with Gasteiger partial charge in [0.25, 0.3) is 0 Å². The second kappa shape index (κ2) is 4.66. The summed E-state index contributed by atoms with van der Waals surface area (Å²) >= 11 is 0. The van der Waals surface area contributed by atoms with Gasteiger partial charge in [0.05, 0.1) is 11.4 Å². The molecule has 0 aliphatic rings. The molecule has 17 heavy (non-hydrogen) atoms. The van der Waals surface area contributed by atoms with Crippen molar-refractivity contribution in [2.24, 2.45) is 0 Å². The van der Waals surface area contributed by atoms with E-state index in [1.807, 2.05) is 6.92 Å². The zero-order valence-electron chi connectivity index (χ0n) is 9.59. The number of anilines is 1. The van der Waals surface area contributed by atoms with E-state index in [9.17, 15) is 0 Å². The molecule has 2 heterocycles. The summed E-state index contributed by atoms with van der Waals surface area (Å²) in [4.78, 5) is 3.94. The van der Waals surface area contributed by atoms with Crippen LogP contribution in [0, 0.1) is 11.3 Å². The minimum Gasteiger partial charge on any atom is -0.382 e. The van der Waals surface area contributed by atoms with Crippen LogP contribution in [0.25, 0.3) is 5.69 Å². The lowest BCUT2D eigenvalue weighted by molar-refractivity contribution is 0.809. The zero-order chi connectivity index (χ0) is 12.3. The molecule has 0 unspecified atom stereocenters. The molecular weight excluding hydrogens is 214 g/mol. The number of pyridine rings is 1. The number of nitrogens with zero attached hydrogens (tertiary/aromatic N) is 4. The Morgan fingerprint density at radius 2 is 2.12 bits per heavy atom. The van der Waals surface area contributed by atoms with Crippen molar-refractivity contribution in [1.29, 1.82) is 5.26 Å². The van der Waals surface area contributed by atoms with Crippen molar-refractivity contribution in [3.8, 4) is 11.8 Å². The summed E-state index contributed by atoms with van der Waals surface area (Å²) in [6, 6.07) is 5.73. The van der Waals surface area contributed by atoms with Gasteiger partial charge in [0.1, 0.15) is 17.5 Å². The molecule has 0 bridgehead atoms. The molecule has 0 amide bonds. The first-order valence-electron chi connectivity index (χ1n) is 5.45. The maximum Gasteiger partial charge on any atom is 0.145 e. The van der Waals surface area contributed by atoms with Gasteiger partial charge >= 0.3 is 0 Å². The molecule has 0 atom stereocenters. The largest absolute Gasteiger partial charge is 0.382 e. The molecule has 2 N–H and O–H groups in total. The molecular formula is C12H13N5. The van der Waals surface area contributed by atoms with E-state index in [1.165, 1.54) is 0 Å². The van der Waals surface area contributed by atoms with E-state index in [2.05, 4.69) is 16.2 Å². The van der Waals surface area contributed by atoms with Gasteiger partial charge in [-0.1, -0.05) is 13.3 Å². The Morgan fingerprint density at radius 3 is 2.71 bits per heavy atom. The first kappa shape index (κ1) is 11.1. The van der Waals surface area contributed by atoms with Crippen LogP contribution in [0.5, 0.6) is 0 Å². The summed E-state index contributed by atoms with van der Waals surface area (Å²) in [6.45, 7) is 2.04. The average molecular weight is 227 g/mol. The van der Waals surface area contributed by atoms with Crippen LogP contribution in [0.1, 0.15) is 24.6 Å². The predicted octanol–water partition coefficient (Wildman–Crippen LogP) is 1.67. The van der Waals surface area contributed by atoms with Gasteiger partial charge in [-0.15, -0.1) is 0 Å². The van der Waals surface area contributed by atoms with Crippen molar-refractivity contribution in [3.63, 3.8) is 0 Å². The molecule has 0 fully saturated rings. The maximum atomic E-state index is 9.09. The SMILES string of the molecule is CCCc1nn(-c2ccncc2)c(N)c1C#N. The highest BCUT2D eigenvalue weighted by Crippen LogP contribution is 2.20. The van der Waals surface area contributed by atoms with Crippen LogP contribution in [0.15, 0.2) is 24.5 Å². The molecule has 2 aromatic heterocycles. The summed E-state index contributed by atoms with van der Waals surface area (Å²) in [5.74, 6) is 0.391. The van der Waals surface area contributed by atoms with Crippen molar-refractivity contribution >= 4 is 5.82 Å². The molecule has 0 aliphatic carbocycles. The summed E-state index contributed by atoms with van der Waals surface area (Å²) in [5.41, 5.74) is 7.98. The molecule has 2 rings (SSSR count). The normalized spacial score (nSPS) is 10.1. The second-order valence-electron chi connectivity index (χ2n) is 3.69. The smallest absolute Gasteiger partial charge is 0.145 e. The van der Waals surface area contributed by atoms with Gasteiger partial charge in [0.15, 0.2) is 0 Å². The fraction of sp³-hybridized carbons (Fsp3) is 0.250. The molecule has 0 radical (unpaired) electrons. The molecule has 0 saturated heterocycles. The standard InChI is InChI=1S/C12H13N5/c1-2-3-11-10(8-13)12(14)17(16-11)9-4-6-15-7-5-9/h4-7H,2-3,14H2,1H3. The van der Waals surface area contributed by atoms with E-state index in [1.54, 1.807) is 29.2 Å². The van der Waals surface area contributed by atoms with Gasteiger partial charge in [-0.2, -0.15) is 10.4 Å². The van der Waals surface area contributed by atoms with Crippen LogP contribution in [-0.2, 0) is 6.42 Å². The molecule has 0 saturated carbocycles. The Morgan fingerprint density at radius 1 is 1.41 bits per heavy atom. The monoisotopic (exact) mass is 227 g/mol. The Labute approximate surface area is 99.5 Å². The van der Waals surface area contributed by atoms with Crippen molar-refractivity contribution in [1.82, 2.24) is 14.8 Å². The number of aryl methyl sites for hydroxylation is 1. The van der Waals surface area contributed by atoms with Crippen LogP contribution in [0.3, 0.4) is 0 Å². The third kappa shape index (κ3) is 1.97. The summed E-state index contributed by atoms with van der Waals surface area (Å²) in [7, 11) is 0. The maximum absolute atomic E-state index is 9.09. The van der Waals surface area contributed by atoms with E-state index in [0.29, 0.717) is 11.4 Å². The third-order valence-electron chi connectivity index (χ3n) is 2.50. The molecule has 0 aromatic carbocycles. The number of nitriles is 1. The van der Waals surface area contributed by atoms with E-state index in [0.717, 1.165) is 24.2 Å². The van der Waals surface area contributed by atoms with Gasteiger partial charge in [0, 0.05) is 12.4 Å². The highest BCUT2D eigenvalue weighted by atomic mass is 15.3. The minimum absolute atomic E-state index is 0.391. The Hall–Kier alpha value is -2.35. The van der Waals surface area contributed by atoms with Crippen molar-refractivity contribution < 1.29 is 0 Å². The Kier molecular flexibility index (Phi) is 3.06. The Bertz CT molecular complexity index is 550. The first-order chi connectivity index (χ1) is 8.27. The molecule has 0 aliphatic heterocycles. The number of hydrogen-bond acceptors (Lipinski definition) is 4. The fourth-order valence-electron chi connectivity index (χ4n) is 1.69. The van der Waals surface area contributed by atoms with E-state index < -0.39 is 0 Å². The summed E-state index contributed by atoms with van der Waals surface area (Å²) in [5, 5.41) is 13.5. The number of hydrogen-bond donors (Lipinski definition) is 1. The van der Waals surface area contributed by atoms with Gasteiger partial charge in [-0.3, -0.25) is 4.98 Å². The third-order valence-corrected chi connectivity index (χ3v) is 2.50. The molecule has 5 nitrogen and oxygen atoms in total. The predicted molar refractivity (Wildman–Crippen MR) is 64.5 cm³/mol. The van der Waals surface area contributed by atoms with Gasteiger partial charge in [-0.05, 0) is 18.6 Å². The second-order valence-corrected chi connectivity index (χ2v) is 3.69. The van der Waals surface area contributed by atoms with Crippen LogP contribution in [0.4, 0.5) is 5.82 Å². The number of aromatic nitrogens is 3. The van der Waals surface area contributed by atoms with Crippen LogP contribution in [0.2, 0.25) is 0 Å². The zero-order valence-corrected chi connectivity index (χ0v) is 9.59. The number of nitrogens with two attached hydrogens (primary N) is 1. The highest BCUT2D eigenvalue weighted by Gasteiger charge is 2.15. The summed E-state index contributed by atoms with van der Waals surface area (Å²) < 4.78 is 1.59.